The topological polar surface area (TPSA) is 53.4 Å². The lowest BCUT2D eigenvalue weighted by Gasteiger charge is -2.14. The second-order valence-corrected chi connectivity index (χ2v) is 5.32. The molecule has 0 saturated heterocycles. The van der Waals surface area contributed by atoms with Gasteiger partial charge in [0, 0.05) is 12.7 Å². The Hall–Kier alpha value is -0.640. The Morgan fingerprint density at radius 2 is 1.94 bits per heavy atom. The van der Waals surface area contributed by atoms with Gasteiger partial charge in [-0.3, -0.25) is 9.25 Å². The highest BCUT2D eigenvalue weighted by Crippen LogP contribution is 2.46. The van der Waals surface area contributed by atoms with Crippen LogP contribution in [0, 0.1) is 0 Å². The fourth-order valence-corrected chi connectivity index (χ4v) is 2.89. The van der Waals surface area contributed by atoms with Crippen LogP contribution in [0.4, 0.5) is 0 Å². The van der Waals surface area contributed by atoms with Crippen molar-refractivity contribution in [2.45, 2.75) is 33.7 Å². The molecule has 5 nitrogen and oxygen atoms in total. The van der Waals surface area contributed by atoms with Gasteiger partial charge in [-0.2, -0.15) is 5.10 Å². The molecule has 0 atom stereocenters. The van der Waals surface area contributed by atoms with Crippen LogP contribution in [-0.4, -0.2) is 23.0 Å². The van der Waals surface area contributed by atoms with Crippen molar-refractivity contribution in [3.05, 3.63) is 12.4 Å². The van der Waals surface area contributed by atoms with Crippen molar-refractivity contribution >= 4 is 12.9 Å². The minimum absolute atomic E-state index is 0.357. The van der Waals surface area contributed by atoms with E-state index < -0.39 is 7.60 Å². The molecule has 0 saturated carbocycles. The summed E-state index contributed by atoms with van der Waals surface area (Å²) in [6.07, 6.45) is 4.27. The highest BCUT2D eigenvalue weighted by molar-refractivity contribution is 7.62. The summed E-state index contributed by atoms with van der Waals surface area (Å²) in [5.41, 5.74) is 0. The molecule has 0 amide bonds. The predicted octanol–water partition coefficient (Wildman–Crippen LogP) is 2.18. The second-order valence-electron chi connectivity index (χ2n) is 3.29. The zero-order valence-electron chi connectivity index (χ0n) is 10.0. The highest BCUT2D eigenvalue weighted by Gasteiger charge is 2.28. The number of aromatic nitrogens is 2. The first-order chi connectivity index (χ1) is 7.66. The van der Waals surface area contributed by atoms with E-state index in [1.807, 2.05) is 0 Å². The fraction of sp³-hybridized carbons (Fsp3) is 0.700. The first-order valence-electron chi connectivity index (χ1n) is 5.58. The van der Waals surface area contributed by atoms with Crippen LogP contribution in [0.1, 0.15) is 27.2 Å². The van der Waals surface area contributed by atoms with Crippen molar-refractivity contribution in [1.29, 1.82) is 0 Å². The zero-order chi connectivity index (χ0) is 12.0. The minimum atomic E-state index is -3.16. The van der Waals surface area contributed by atoms with Crippen LogP contribution in [0.3, 0.4) is 0 Å². The maximum atomic E-state index is 12.3. The third-order valence-electron chi connectivity index (χ3n) is 1.99. The molecule has 0 aliphatic carbocycles. The second kappa shape index (κ2) is 6.18. The van der Waals surface area contributed by atoms with E-state index in [4.69, 9.17) is 9.05 Å². The van der Waals surface area contributed by atoms with E-state index in [0.29, 0.717) is 18.5 Å². The third kappa shape index (κ3) is 3.17. The summed E-state index contributed by atoms with van der Waals surface area (Å²) in [5, 5.41) is 4.65. The Labute approximate surface area is 96.3 Å². The molecule has 0 radical (unpaired) electrons. The van der Waals surface area contributed by atoms with Crippen LogP contribution in [0.15, 0.2) is 12.4 Å². The molecule has 0 aromatic carbocycles. The molecule has 1 heterocycles. The van der Waals surface area contributed by atoms with Crippen molar-refractivity contribution < 1.29 is 13.6 Å². The van der Waals surface area contributed by atoms with Gasteiger partial charge in [-0.1, -0.05) is 6.92 Å². The van der Waals surface area contributed by atoms with E-state index in [1.165, 1.54) is 0 Å². The SMILES string of the molecule is CCCn1cc(P(=O)(OCC)OCC)cn1. The van der Waals surface area contributed by atoms with Crippen molar-refractivity contribution in [1.82, 2.24) is 9.78 Å². The lowest BCUT2D eigenvalue weighted by Crippen LogP contribution is -2.09. The van der Waals surface area contributed by atoms with Crippen LogP contribution < -0.4 is 5.30 Å². The largest absolute Gasteiger partial charge is 0.364 e. The molecule has 0 aliphatic rings. The van der Waals surface area contributed by atoms with Gasteiger partial charge in [0.05, 0.1) is 19.4 Å². The summed E-state index contributed by atoms with van der Waals surface area (Å²) in [4.78, 5) is 0. The Balaban J connectivity index is 2.88. The minimum Gasteiger partial charge on any atom is -0.305 e. The average Bonchev–Trinajstić information content (AvgIpc) is 2.68. The van der Waals surface area contributed by atoms with E-state index in [2.05, 4.69) is 12.0 Å². The molecule has 6 heteroatoms. The molecule has 0 unspecified atom stereocenters. The highest BCUT2D eigenvalue weighted by atomic mass is 31.2. The van der Waals surface area contributed by atoms with Crippen LogP contribution in [0.2, 0.25) is 0 Å². The van der Waals surface area contributed by atoms with Gasteiger partial charge in [-0.25, -0.2) is 0 Å². The lowest BCUT2D eigenvalue weighted by molar-refractivity contribution is 0.230. The quantitative estimate of drug-likeness (QED) is 0.692. The van der Waals surface area contributed by atoms with E-state index in [-0.39, 0.29) is 0 Å². The summed E-state index contributed by atoms with van der Waals surface area (Å²) in [5.74, 6) is 0. The van der Waals surface area contributed by atoms with E-state index in [0.717, 1.165) is 13.0 Å². The lowest BCUT2D eigenvalue weighted by atomic mass is 10.5. The maximum Gasteiger partial charge on any atom is 0.364 e. The molecule has 0 spiro atoms. The Morgan fingerprint density at radius 3 is 2.44 bits per heavy atom. The molecule has 0 aliphatic heterocycles. The predicted molar refractivity (Wildman–Crippen MR) is 63.0 cm³/mol. The van der Waals surface area contributed by atoms with Gasteiger partial charge in [0.1, 0.15) is 5.30 Å². The molecular weight excluding hydrogens is 227 g/mol. The molecular formula is C10H19N2O3P. The molecule has 0 N–H and O–H groups in total. The summed E-state index contributed by atoms with van der Waals surface area (Å²) in [7, 11) is -3.16. The average molecular weight is 246 g/mol. The number of aryl methyl sites for hydroxylation is 1. The van der Waals surface area contributed by atoms with Crippen LogP contribution >= 0.6 is 7.60 Å². The number of rotatable bonds is 7. The Morgan fingerprint density at radius 1 is 1.31 bits per heavy atom. The summed E-state index contributed by atoms with van der Waals surface area (Å²) in [6.45, 7) is 7.17. The van der Waals surface area contributed by atoms with Crippen molar-refractivity contribution in [2.75, 3.05) is 13.2 Å². The van der Waals surface area contributed by atoms with Gasteiger partial charge in [0.15, 0.2) is 0 Å². The molecule has 1 aromatic rings. The summed E-state index contributed by atoms with van der Waals surface area (Å²) in [6, 6.07) is 0. The summed E-state index contributed by atoms with van der Waals surface area (Å²) < 4.78 is 24.5. The van der Waals surface area contributed by atoms with Gasteiger partial charge in [-0.15, -0.1) is 0 Å². The van der Waals surface area contributed by atoms with Crippen molar-refractivity contribution in [2.24, 2.45) is 0 Å². The maximum absolute atomic E-state index is 12.3. The van der Waals surface area contributed by atoms with Crippen LogP contribution in [-0.2, 0) is 20.2 Å². The Bertz CT molecular complexity index is 355. The van der Waals surface area contributed by atoms with Gasteiger partial charge >= 0.3 is 7.60 Å². The van der Waals surface area contributed by atoms with E-state index >= 15 is 0 Å². The van der Waals surface area contributed by atoms with Crippen LogP contribution in [0.25, 0.3) is 0 Å². The van der Waals surface area contributed by atoms with E-state index in [9.17, 15) is 4.57 Å². The van der Waals surface area contributed by atoms with Gasteiger partial charge in [0.2, 0.25) is 0 Å². The molecule has 1 rings (SSSR count). The standard InChI is InChI=1S/C10H19N2O3P/c1-4-7-12-9-10(8-11-12)16(13,14-5-2)15-6-3/h8-9H,4-7H2,1-3H3. The molecule has 16 heavy (non-hydrogen) atoms. The fourth-order valence-electron chi connectivity index (χ4n) is 1.37. The monoisotopic (exact) mass is 246 g/mol. The van der Waals surface area contributed by atoms with Gasteiger partial charge in [0.25, 0.3) is 0 Å². The number of hydrogen-bond acceptors (Lipinski definition) is 4. The van der Waals surface area contributed by atoms with Gasteiger partial charge in [-0.05, 0) is 20.3 Å². The first-order valence-corrected chi connectivity index (χ1v) is 7.12. The Kier molecular flexibility index (Phi) is 5.19. The van der Waals surface area contributed by atoms with Crippen molar-refractivity contribution in [3.8, 4) is 0 Å². The molecule has 0 bridgehead atoms. The van der Waals surface area contributed by atoms with Crippen molar-refractivity contribution in [3.63, 3.8) is 0 Å². The third-order valence-corrected chi connectivity index (χ3v) is 4.05. The normalized spacial score (nSPS) is 11.9. The zero-order valence-corrected chi connectivity index (χ0v) is 10.9. The number of nitrogens with zero attached hydrogens (tertiary/aromatic N) is 2. The first kappa shape index (κ1) is 13.4. The summed E-state index contributed by atoms with van der Waals surface area (Å²) >= 11 is 0. The smallest absolute Gasteiger partial charge is 0.305 e. The molecule has 0 fully saturated rings. The molecule has 1 aromatic heterocycles. The van der Waals surface area contributed by atoms with Gasteiger partial charge < -0.3 is 9.05 Å². The van der Waals surface area contributed by atoms with Crippen LogP contribution in [0.5, 0.6) is 0 Å². The van der Waals surface area contributed by atoms with E-state index in [1.54, 1.807) is 30.9 Å². The molecule has 92 valence electrons. The number of hydrogen-bond donors (Lipinski definition) is 0.